The molecular formula is C20H25Cl2FN4O. The average molecular weight is 427 g/mol. The van der Waals surface area contributed by atoms with Gasteiger partial charge in [0.25, 0.3) is 0 Å². The van der Waals surface area contributed by atoms with Crippen molar-refractivity contribution in [2.24, 2.45) is 0 Å². The van der Waals surface area contributed by atoms with E-state index < -0.39 is 5.41 Å². The molecular weight excluding hydrogens is 402 g/mol. The van der Waals surface area contributed by atoms with Gasteiger partial charge in [0.05, 0.1) is 5.41 Å². The number of carbonyl (C=O) groups is 1. The standard InChI is InChI=1S/C20H23FN4O.2ClH/c1-20(2)17-16(3-4-23-18(17)24-19(20)26)14-9-13(10-15(21)11-14)12-25-7-5-22-6-8-25;;/h3-4,9-11,22H,5-8,12H2,1-2H3,(H,23,24,26);2*1H. The van der Waals surface area contributed by atoms with Crippen LogP contribution in [0, 0.1) is 5.82 Å². The van der Waals surface area contributed by atoms with Gasteiger partial charge >= 0.3 is 0 Å². The number of anilines is 1. The Hall–Kier alpha value is -1.73. The first-order chi connectivity index (χ1) is 12.4. The van der Waals surface area contributed by atoms with Crippen molar-refractivity contribution >= 4 is 36.5 Å². The number of piperazine rings is 1. The van der Waals surface area contributed by atoms with Crippen LogP contribution in [0.15, 0.2) is 30.5 Å². The second kappa shape index (κ2) is 8.74. The number of rotatable bonds is 3. The highest BCUT2D eigenvalue weighted by Crippen LogP contribution is 2.42. The Balaban J connectivity index is 0.00000140. The van der Waals surface area contributed by atoms with Gasteiger partial charge in [0.1, 0.15) is 11.6 Å². The largest absolute Gasteiger partial charge is 0.314 e. The predicted octanol–water partition coefficient (Wildman–Crippen LogP) is 3.37. The van der Waals surface area contributed by atoms with Gasteiger partial charge in [-0.25, -0.2) is 9.37 Å². The molecule has 1 aromatic carbocycles. The lowest BCUT2D eigenvalue weighted by molar-refractivity contribution is -0.119. The molecule has 0 unspecified atom stereocenters. The summed E-state index contributed by atoms with van der Waals surface area (Å²) in [6, 6.07) is 7.03. The number of carbonyl (C=O) groups excluding carboxylic acids is 1. The third-order valence-corrected chi connectivity index (χ3v) is 5.26. The molecule has 0 aliphatic carbocycles. The first-order valence-corrected chi connectivity index (χ1v) is 8.99. The van der Waals surface area contributed by atoms with Crippen LogP contribution >= 0.6 is 24.8 Å². The van der Waals surface area contributed by atoms with Crippen LogP contribution in [-0.4, -0.2) is 42.0 Å². The number of hydrogen-bond acceptors (Lipinski definition) is 4. The Bertz CT molecular complexity index is 869. The van der Waals surface area contributed by atoms with Crippen molar-refractivity contribution < 1.29 is 9.18 Å². The number of amides is 1. The summed E-state index contributed by atoms with van der Waals surface area (Å²) in [5.74, 6) is 0.239. The molecule has 1 amide bonds. The molecule has 1 aromatic heterocycles. The highest BCUT2D eigenvalue weighted by Gasteiger charge is 2.41. The molecule has 0 spiro atoms. The van der Waals surface area contributed by atoms with E-state index in [1.54, 1.807) is 12.3 Å². The fourth-order valence-electron chi connectivity index (χ4n) is 3.83. The molecule has 2 aliphatic rings. The van der Waals surface area contributed by atoms with E-state index in [0.29, 0.717) is 5.82 Å². The van der Waals surface area contributed by atoms with Crippen molar-refractivity contribution in [2.75, 3.05) is 31.5 Å². The maximum Gasteiger partial charge on any atom is 0.235 e. The van der Waals surface area contributed by atoms with Crippen LogP contribution in [0.25, 0.3) is 11.1 Å². The summed E-state index contributed by atoms with van der Waals surface area (Å²) in [6.07, 6.45) is 1.66. The Morgan fingerprint density at radius 2 is 1.89 bits per heavy atom. The Morgan fingerprint density at radius 3 is 2.61 bits per heavy atom. The molecule has 0 atom stereocenters. The third kappa shape index (κ3) is 4.15. The van der Waals surface area contributed by atoms with E-state index in [2.05, 4.69) is 20.5 Å². The molecule has 2 aliphatic heterocycles. The number of nitrogens with one attached hydrogen (secondary N) is 2. The second-order valence-corrected chi connectivity index (χ2v) is 7.54. The molecule has 1 saturated heterocycles. The molecule has 1 fully saturated rings. The number of hydrogen-bond donors (Lipinski definition) is 2. The number of benzene rings is 1. The molecule has 0 radical (unpaired) electrons. The summed E-state index contributed by atoms with van der Waals surface area (Å²) in [5, 5.41) is 6.16. The fraction of sp³-hybridized carbons (Fsp3) is 0.400. The van der Waals surface area contributed by atoms with E-state index in [0.717, 1.165) is 55.0 Å². The number of fused-ring (bicyclic) bond motifs is 1. The van der Waals surface area contributed by atoms with E-state index in [1.807, 2.05) is 26.0 Å². The van der Waals surface area contributed by atoms with Crippen LogP contribution in [-0.2, 0) is 16.8 Å². The summed E-state index contributed by atoms with van der Waals surface area (Å²) >= 11 is 0. The summed E-state index contributed by atoms with van der Waals surface area (Å²) in [7, 11) is 0. The van der Waals surface area contributed by atoms with Gasteiger partial charge in [0, 0.05) is 44.5 Å². The van der Waals surface area contributed by atoms with E-state index in [-0.39, 0.29) is 36.5 Å². The average Bonchev–Trinajstić information content (AvgIpc) is 2.84. The van der Waals surface area contributed by atoms with Crippen molar-refractivity contribution in [3.05, 3.63) is 47.4 Å². The Labute approximate surface area is 176 Å². The zero-order valence-electron chi connectivity index (χ0n) is 15.9. The highest BCUT2D eigenvalue weighted by atomic mass is 35.5. The Morgan fingerprint density at radius 1 is 1.18 bits per heavy atom. The lowest BCUT2D eigenvalue weighted by atomic mass is 9.82. The first-order valence-electron chi connectivity index (χ1n) is 8.99. The first kappa shape index (κ1) is 22.6. The monoisotopic (exact) mass is 426 g/mol. The van der Waals surface area contributed by atoms with Crippen molar-refractivity contribution in [1.29, 1.82) is 0 Å². The summed E-state index contributed by atoms with van der Waals surface area (Å²) < 4.78 is 14.4. The predicted molar refractivity (Wildman–Crippen MR) is 114 cm³/mol. The number of pyridine rings is 1. The highest BCUT2D eigenvalue weighted by molar-refractivity contribution is 6.06. The summed E-state index contributed by atoms with van der Waals surface area (Å²) in [6.45, 7) is 8.31. The lowest BCUT2D eigenvalue weighted by Gasteiger charge is -2.27. The quantitative estimate of drug-likeness (QED) is 0.789. The van der Waals surface area contributed by atoms with E-state index >= 15 is 0 Å². The van der Waals surface area contributed by atoms with Crippen LogP contribution < -0.4 is 10.6 Å². The van der Waals surface area contributed by atoms with Crippen LogP contribution in [0.2, 0.25) is 0 Å². The molecule has 8 heteroatoms. The molecule has 2 aromatic rings. The minimum Gasteiger partial charge on any atom is -0.314 e. The van der Waals surface area contributed by atoms with Crippen molar-refractivity contribution in [1.82, 2.24) is 15.2 Å². The molecule has 28 heavy (non-hydrogen) atoms. The van der Waals surface area contributed by atoms with Crippen LogP contribution in [0.3, 0.4) is 0 Å². The van der Waals surface area contributed by atoms with Crippen LogP contribution in [0.1, 0.15) is 25.0 Å². The zero-order valence-corrected chi connectivity index (χ0v) is 17.6. The molecule has 0 bridgehead atoms. The number of aromatic nitrogens is 1. The van der Waals surface area contributed by atoms with Gasteiger partial charge in [0.15, 0.2) is 0 Å². The number of halogens is 3. The maximum absolute atomic E-state index is 14.4. The van der Waals surface area contributed by atoms with Crippen molar-refractivity contribution in [2.45, 2.75) is 25.8 Å². The molecule has 5 nitrogen and oxygen atoms in total. The number of nitrogens with zero attached hydrogens (tertiary/aromatic N) is 2. The molecule has 4 rings (SSSR count). The molecule has 0 saturated carbocycles. The molecule has 3 heterocycles. The molecule has 152 valence electrons. The minimum absolute atomic E-state index is 0. The molecule has 2 N–H and O–H groups in total. The van der Waals surface area contributed by atoms with E-state index in [1.165, 1.54) is 6.07 Å². The SMILES string of the molecule is CC1(C)C(=O)Nc2nccc(-c3cc(F)cc(CN4CCNCC4)c3)c21.Cl.Cl. The Kier molecular flexibility index (Phi) is 7.04. The fourth-order valence-corrected chi connectivity index (χ4v) is 3.83. The van der Waals surface area contributed by atoms with Gasteiger partial charge in [0.2, 0.25) is 5.91 Å². The summed E-state index contributed by atoms with van der Waals surface area (Å²) in [5.41, 5.74) is 2.74. The van der Waals surface area contributed by atoms with Gasteiger partial charge in [-0.2, -0.15) is 0 Å². The minimum atomic E-state index is -0.691. The smallest absolute Gasteiger partial charge is 0.235 e. The lowest BCUT2D eigenvalue weighted by Crippen LogP contribution is -2.42. The second-order valence-electron chi connectivity index (χ2n) is 7.54. The van der Waals surface area contributed by atoms with Gasteiger partial charge in [-0.1, -0.05) is 0 Å². The zero-order chi connectivity index (χ0) is 18.3. The van der Waals surface area contributed by atoms with E-state index in [4.69, 9.17) is 0 Å². The topological polar surface area (TPSA) is 57.3 Å². The van der Waals surface area contributed by atoms with Gasteiger partial charge < -0.3 is 10.6 Å². The van der Waals surface area contributed by atoms with Crippen molar-refractivity contribution in [3.8, 4) is 11.1 Å². The normalized spacial score (nSPS) is 17.9. The van der Waals surface area contributed by atoms with Gasteiger partial charge in [-0.3, -0.25) is 9.69 Å². The van der Waals surface area contributed by atoms with Gasteiger partial charge in [-0.05, 0) is 54.8 Å². The van der Waals surface area contributed by atoms with Crippen LogP contribution in [0.4, 0.5) is 10.2 Å². The summed E-state index contributed by atoms with van der Waals surface area (Å²) in [4.78, 5) is 18.9. The third-order valence-electron chi connectivity index (χ3n) is 5.26. The van der Waals surface area contributed by atoms with Gasteiger partial charge in [-0.15, -0.1) is 24.8 Å². The van der Waals surface area contributed by atoms with Crippen molar-refractivity contribution in [3.63, 3.8) is 0 Å². The van der Waals surface area contributed by atoms with E-state index in [9.17, 15) is 9.18 Å². The van der Waals surface area contributed by atoms with Crippen LogP contribution in [0.5, 0.6) is 0 Å². The maximum atomic E-state index is 14.4.